The van der Waals surface area contributed by atoms with Crippen molar-refractivity contribution in [2.24, 2.45) is 28.6 Å². The average molecular weight is 506 g/mol. The van der Waals surface area contributed by atoms with Gasteiger partial charge in [0.15, 0.2) is 5.78 Å². The Kier molecular flexibility index (Phi) is 5.82. The van der Waals surface area contributed by atoms with Crippen LogP contribution in [0.2, 0.25) is 0 Å². The number of aliphatic hydroxyl groups is 2. The summed E-state index contributed by atoms with van der Waals surface area (Å²) < 4.78 is 0. The molecule has 0 aliphatic heterocycles. The summed E-state index contributed by atoms with van der Waals surface area (Å²) in [5, 5.41) is 22.8. The molecule has 200 valence electrons. The van der Waals surface area contributed by atoms with Gasteiger partial charge in [-0.3, -0.25) is 9.59 Å². The number of carbonyl (C=O) groups excluding carboxylic acids is 2. The van der Waals surface area contributed by atoms with Crippen LogP contribution < -0.4 is 0 Å². The van der Waals surface area contributed by atoms with Crippen molar-refractivity contribution < 1.29 is 19.8 Å². The van der Waals surface area contributed by atoms with E-state index in [0.29, 0.717) is 12.8 Å². The molecule has 0 saturated heterocycles. The van der Waals surface area contributed by atoms with Gasteiger partial charge in [-0.25, -0.2) is 0 Å². The third-order valence-electron chi connectivity index (χ3n) is 11.6. The molecule has 7 unspecified atom stereocenters. The highest BCUT2D eigenvalue weighted by Gasteiger charge is 2.67. The highest BCUT2D eigenvalue weighted by molar-refractivity contribution is 5.95. The zero-order chi connectivity index (χ0) is 26.3. The van der Waals surface area contributed by atoms with Gasteiger partial charge >= 0.3 is 0 Å². The van der Waals surface area contributed by atoms with Crippen molar-refractivity contribution in [3.05, 3.63) is 47.0 Å². The highest BCUT2D eigenvalue weighted by atomic mass is 16.3. The Morgan fingerprint density at radius 1 is 1.00 bits per heavy atom. The second kappa shape index (κ2) is 8.51. The largest absolute Gasteiger partial charge is 0.393 e. The van der Waals surface area contributed by atoms with Gasteiger partial charge in [-0.05, 0) is 113 Å². The minimum Gasteiger partial charge on any atom is -0.393 e. The first kappa shape index (κ1) is 25.3. The number of carbonyl (C=O) groups is 2. The maximum atomic E-state index is 13.8. The third-order valence-corrected chi connectivity index (χ3v) is 11.6. The summed E-state index contributed by atoms with van der Waals surface area (Å²) in [6.07, 6.45) is 8.95. The lowest BCUT2D eigenvalue weighted by atomic mass is 9.46. The van der Waals surface area contributed by atoms with E-state index in [1.54, 1.807) is 6.08 Å². The fourth-order valence-corrected chi connectivity index (χ4v) is 9.21. The normalized spacial score (nSPS) is 41.8. The lowest BCUT2D eigenvalue weighted by Crippen LogP contribution is -2.60. The number of rotatable bonds is 4. The van der Waals surface area contributed by atoms with Gasteiger partial charge in [-0.1, -0.05) is 31.5 Å². The molecule has 1 aromatic rings. The number of hydrogen-bond donors (Lipinski definition) is 2. The number of allylic oxidation sites excluding steroid dienone is 1. The molecule has 1 amide bonds. The number of fused-ring (bicyclic) bond motifs is 5. The van der Waals surface area contributed by atoms with Gasteiger partial charge in [-0.15, -0.1) is 0 Å². The molecule has 2 N–H and O–H groups in total. The lowest BCUT2D eigenvalue weighted by molar-refractivity contribution is -0.141. The van der Waals surface area contributed by atoms with Gasteiger partial charge in [0.1, 0.15) is 0 Å². The van der Waals surface area contributed by atoms with E-state index >= 15 is 0 Å². The van der Waals surface area contributed by atoms with Crippen molar-refractivity contribution >= 4 is 11.7 Å². The Hall–Kier alpha value is -1.98. The van der Waals surface area contributed by atoms with Crippen LogP contribution in [0.5, 0.6) is 0 Å². The van der Waals surface area contributed by atoms with Gasteiger partial charge in [0.05, 0.1) is 11.7 Å². The first-order valence-corrected chi connectivity index (χ1v) is 14.6. The summed E-state index contributed by atoms with van der Waals surface area (Å²) in [5.41, 5.74) is 1.25. The monoisotopic (exact) mass is 505 g/mol. The number of hydrogen-bond acceptors (Lipinski definition) is 4. The molecule has 5 nitrogen and oxygen atoms in total. The predicted molar refractivity (Wildman–Crippen MR) is 143 cm³/mol. The van der Waals surface area contributed by atoms with E-state index in [9.17, 15) is 19.8 Å². The summed E-state index contributed by atoms with van der Waals surface area (Å²) in [7, 11) is 0. The minimum absolute atomic E-state index is 0.0185. The molecular weight excluding hydrogens is 462 g/mol. The minimum atomic E-state index is -1.02. The third kappa shape index (κ3) is 3.63. The molecule has 0 bridgehead atoms. The Labute approximate surface area is 221 Å². The molecule has 0 radical (unpaired) electrons. The quantitative estimate of drug-likeness (QED) is 0.588. The number of ketones is 1. The SMILES string of the molecule is Cc1ccc(C(=O)N(C2CC2)C(C)C2CC[C@@]3(O)C4=CC(=O)C5CC(O)CCC5(C)C4CCC23C)cc1. The molecule has 0 heterocycles. The highest BCUT2D eigenvalue weighted by Crippen LogP contribution is 2.67. The van der Waals surface area contributed by atoms with Crippen LogP contribution in [0.1, 0.15) is 94.5 Å². The number of aliphatic hydroxyl groups excluding tert-OH is 1. The molecule has 4 fully saturated rings. The van der Waals surface area contributed by atoms with E-state index in [2.05, 4.69) is 25.7 Å². The molecule has 5 aliphatic rings. The Morgan fingerprint density at radius 2 is 1.70 bits per heavy atom. The molecule has 4 saturated carbocycles. The number of aryl methyl sites for hydroxylation is 1. The van der Waals surface area contributed by atoms with Crippen LogP contribution in [0.25, 0.3) is 0 Å². The summed E-state index contributed by atoms with van der Waals surface area (Å²) in [6, 6.07) is 8.18. The Morgan fingerprint density at radius 3 is 2.38 bits per heavy atom. The Balaban J connectivity index is 1.32. The number of benzene rings is 1. The lowest BCUT2D eigenvalue weighted by Gasteiger charge is -2.60. The topological polar surface area (TPSA) is 77.8 Å². The maximum Gasteiger partial charge on any atom is 0.254 e. The molecule has 5 heteroatoms. The number of amides is 1. The van der Waals surface area contributed by atoms with Crippen LogP contribution in [0, 0.1) is 35.5 Å². The van der Waals surface area contributed by atoms with Gasteiger partial charge in [-0.2, -0.15) is 0 Å². The molecule has 6 rings (SSSR count). The fraction of sp³-hybridized carbons (Fsp3) is 0.688. The second-order valence-electron chi connectivity index (χ2n) is 13.6. The summed E-state index contributed by atoms with van der Waals surface area (Å²) in [6.45, 7) is 8.69. The first-order valence-electron chi connectivity index (χ1n) is 14.6. The smallest absolute Gasteiger partial charge is 0.254 e. The first-order chi connectivity index (χ1) is 17.5. The van der Waals surface area contributed by atoms with E-state index in [1.807, 2.05) is 31.2 Å². The standard InChI is InChI=1S/C32H43NO4/c1-19-5-7-21(8-6-19)29(36)33(22-9-10-22)20(2)24-13-16-32(37)26-18-28(35)27-17-23(34)11-14-30(27,3)25(26)12-15-31(24,32)4/h5-8,18,20,22-25,27,34,37H,9-17H2,1-4H3/t20?,23?,24?,25?,27?,30?,31?,32-/m1/s1. The molecule has 5 aliphatic carbocycles. The van der Waals surface area contributed by atoms with Gasteiger partial charge in [0.25, 0.3) is 5.91 Å². The van der Waals surface area contributed by atoms with Crippen LogP contribution in [-0.4, -0.2) is 50.6 Å². The van der Waals surface area contributed by atoms with E-state index in [1.165, 1.54) is 0 Å². The van der Waals surface area contributed by atoms with Crippen LogP contribution in [-0.2, 0) is 4.79 Å². The van der Waals surface area contributed by atoms with E-state index in [-0.39, 0.29) is 52.4 Å². The number of nitrogens with zero attached hydrogens (tertiary/aromatic N) is 1. The zero-order valence-electron chi connectivity index (χ0n) is 22.9. The van der Waals surface area contributed by atoms with E-state index in [0.717, 1.165) is 61.6 Å². The summed E-state index contributed by atoms with van der Waals surface area (Å²) in [5.74, 6) is 0.403. The van der Waals surface area contributed by atoms with Crippen molar-refractivity contribution in [1.29, 1.82) is 0 Å². The van der Waals surface area contributed by atoms with Gasteiger partial charge in [0, 0.05) is 29.0 Å². The predicted octanol–water partition coefficient (Wildman–Crippen LogP) is 5.22. The van der Waals surface area contributed by atoms with Crippen molar-refractivity contribution in [1.82, 2.24) is 4.90 Å². The van der Waals surface area contributed by atoms with Gasteiger partial charge in [0.2, 0.25) is 0 Å². The Bertz CT molecular complexity index is 1140. The van der Waals surface area contributed by atoms with Crippen LogP contribution in [0.4, 0.5) is 0 Å². The summed E-state index contributed by atoms with van der Waals surface area (Å²) in [4.78, 5) is 29.3. The average Bonchev–Trinajstić information content (AvgIpc) is 3.64. The maximum absolute atomic E-state index is 13.8. The van der Waals surface area contributed by atoms with Crippen molar-refractivity contribution in [2.75, 3.05) is 0 Å². The molecule has 8 atom stereocenters. The molecule has 0 aromatic heterocycles. The summed E-state index contributed by atoms with van der Waals surface area (Å²) >= 11 is 0. The zero-order valence-corrected chi connectivity index (χ0v) is 22.9. The molecule has 0 spiro atoms. The molecule has 37 heavy (non-hydrogen) atoms. The van der Waals surface area contributed by atoms with Crippen LogP contribution in [0.3, 0.4) is 0 Å². The molecule has 1 aromatic carbocycles. The molecular formula is C32H43NO4. The van der Waals surface area contributed by atoms with Crippen molar-refractivity contribution in [3.8, 4) is 0 Å². The van der Waals surface area contributed by atoms with Crippen LogP contribution >= 0.6 is 0 Å². The van der Waals surface area contributed by atoms with Crippen molar-refractivity contribution in [3.63, 3.8) is 0 Å². The van der Waals surface area contributed by atoms with E-state index in [4.69, 9.17) is 0 Å². The van der Waals surface area contributed by atoms with Crippen molar-refractivity contribution in [2.45, 2.75) is 109 Å². The van der Waals surface area contributed by atoms with E-state index < -0.39 is 11.7 Å². The van der Waals surface area contributed by atoms with Crippen LogP contribution in [0.15, 0.2) is 35.9 Å². The fourth-order valence-electron chi connectivity index (χ4n) is 9.21. The van der Waals surface area contributed by atoms with Gasteiger partial charge < -0.3 is 15.1 Å². The second-order valence-corrected chi connectivity index (χ2v) is 13.6.